The number of aliphatic hydroxyl groups excluding tert-OH is 1. The SMILES string of the molecule is CO[C@H]([C@@H](C)SC)C(C)(C)CO. The van der Waals surface area contributed by atoms with Crippen LogP contribution in [0.2, 0.25) is 0 Å². The van der Waals surface area contributed by atoms with Crippen molar-refractivity contribution in [2.75, 3.05) is 20.0 Å². The Balaban J connectivity index is 4.32. The van der Waals surface area contributed by atoms with Crippen molar-refractivity contribution in [1.82, 2.24) is 0 Å². The van der Waals surface area contributed by atoms with Crippen LogP contribution in [0, 0.1) is 5.41 Å². The molecular weight excluding hydrogens is 172 g/mol. The molecule has 0 aromatic rings. The molecule has 0 amide bonds. The summed E-state index contributed by atoms with van der Waals surface area (Å²) in [4.78, 5) is 0. The predicted octanol–water partition coefficient (Wildman–Crippen LogP) is 1.77. The highest BCUT2D eigenvalue weighted by Gasteiger charge is 2.32. The zero-order chi connectivity index (χ0) is 9.78. The van der Waals surface area contributed by atoms with Gasteiger partial charge in [0, 0.05) is 17.8 Å². The molecule has 0 heterocycles. The number of ether oxygens (including phenoxy) is 1. The molecule has 0 aromatic carbocycles. The maximum Gasteiger partial charge on any atom is 0.0759 e. The number of hydrogen-bond donors (Lipinski definition) is 1. The Labute approximate surface area is 79.7 Å². The fourth-order valence-electron chi connectivity index (χ4n) is 1.36. The molecule has 0 radical (unpaired) electrons. The van der Waals surface area contributed by atoms with Crippen LogP contribution in [0.4, 0.5) is 0 Å². The van der Waals surface area contributed by atoms with Crippen LogP contribution in [0.1, 0.15) is 20.8 Å². The van der Waals surface area contributed by atoms with Crippen molar-refractivity contribution in [2.24, 2.45) is 5.41 Å². The maximum atomic E-state index is 9.15. The molecule has 3 heteroatoms. The van der Waals surface area contributed by atoms with Crippen molar-refractivity contribution < 1.29 is 9.84 Å². The van der Waals surface area contributed by atoms with Crippen molar-refractivity contribution in [3.63, 3.8) is 0 Å². The molecule has 0 aliphatic heterocycles. The van der Waals surface area contributed by atoms with Crippen molar-refractivity contribution in [1.29, 1.82) is 0 Å². The van der Waals surface area contributed by atoms with E-state index in [2.05, 4.69) is 13.2 Å². The van der Waals surface area contributed by atoms with Crippen molar-refractivity contribution >= 4 is 11.8 Å². The van der Waals surface area contributed by atoms with E-state index in [1.54, 1.807) is 18.9 Å². The average molecular weight is 192 g/mol. The summed E-state index contributed by atoms with van der Waals surface area (Å²) in [5.74, 6) is 0. The minimum atomic E-state index is -0.156. The fraction of sp³-hybridized carbons (Fsp3) is 1.00. The van der Waals surface area contributed by atoms with Gasteiger partial charge in [-0.1, -0.05) is 20.8 Å². The molecule has 0 aliphatic rings. The summed E-state index contributed by atoms with van der Waals surface area (Å²) in [6, 6.07) is 0. The van der Waals surface area contributed by atoms with E-state index in [4.69, 9.17) is 9.84 Å². The van der Waals surface area contributed by atoms with Crippen LogP contribution in [0.25, 0.3) is 0 Å². The van der Waals surface area contributed by atoms with Gasteiger partial charge in [0.05, 0.1) is 12.7 Å². The Morgan fingerprint density at radius 1 is 1.50 bits per heavy atom. The summed E-state index contributed by atoms with van der Waals surface area (Å²) in [6.07, 6.45) is 2.17. The van der Waals surface area contributed by atoms with Crippen LogP contribution in [-0.2, 0) is 4.74 Å². The predicted molar refractivity (Wildman–Crippen MR) is 54.6 cm³/mol. The zero-order valence-electron chi connectivity index (χ0n) is 8.63. The van der Waals surface area contributed by atoms with Crippen LogP contribution in [0.3, 0.4) is 0 Å². The Bertz CT molecular complexity index is 126. The fourth-order valence-corrected chi connectivity index (χ4v) is 2.09. The standard InChI is InChI=1S/C9H20O2S/c1-7(12-5)8(11-4)9(2,3)6-10/h7-8,10H,6H2,1-5H3/t7-,8-/m1/s1. The van der Waals surface area contributed by atoms with Crippen LogP contribution in [-0.4, -0.2) is 36.4 Å². The van der Waals surface area contributed by atoms with E-state index in [1.807, 2.05) is 13.8 Å². The lowest BCUT2D eigenvalue weighted by atomic mass is 9.86. The van der Waals surface area contributed by atoms with Crippen LogP contribution in [0.15, 0.2) is 0 Å². The topological polar surface area (TPSA) is 29.5 Å². The normalized spacial score (nSPS) is 17.5. The van der Waals surface area contributed by atoms with Gasteiger partial charge in [0.25, 0.3) is 0 Å². The second kappa shape index (κ2) is 5.10. The number of aliphatic hydroxyl groups is 1. The molecular formula is C9H20O2S. The minimum Gasteiger partial charge on any atom is -0.396 e. The maximum absolute atomic E-state index is 9.15. The third-order valence-corrected chi connectivity index (χ3v) is 3.22. The first-order chi connectivity index (χ1) is 5.49. The van der Waals surface area contributed by atoms with Gasteiger partial charge in [-0.3, -0.25) is 0 Å². The second-order valence-electron chi connectivity index (χ2n) is 3.74. The summed E-state index contributed by atoms with van der Waals surface area (Å²) in [6.45, 7) is 6.33. The minimum absolute atomic E-state index is 0.109. The largest absolute Gasteiger partial charge is 0.396 e. The summed E-state index contributed by atoms with van der Waals surface area (Å²) >= 11 is 1.76. The Kier molecular flexibility index (Phi) is 5.21. The molecule has 74 valence electrons. The molecule has 0 aromatic heterocycles. The molecule has 0 rings (SSSR count). The molecule has 2 atom stereocenters. The molecule has 0 saturated heterocycles. The van der Waals surface area contributed by atoms with E-state index in [1.165, 1.54) is 0 Å². The molecule has 0 spiro atoms. The van der Waals surface area contributed by atoms with Gasteiger partial charge in [0.15, 0.2) is 0 Å². The van der Waals surface area contributed by atoms with Gasteiger partial charge in [-0.05, 0) is 6.26 Å². The first-order valence-electron chi connectivity index (χ1n) is 4.16. The van der Waals surface area contributed by atoms with Gasteiger partial charge in [-0.2, -0.15) is 11.8 Å². The highest BCUT2D eigenvalue weighted by atomic mass is 32.2. The summed E-state index contributed by atoms with van der Waals surface area (Å²) in [5, 5.41) is 9.56. The van der Waals surface area contributed by atoms with Gasteiger partial charge in [0.1, 0.15) is 0 Å². The Hall–Kier alpha value is 0.270. The summed E-state index contributed by atoms with van der Waals surface area (Å²) < 4.78 is 5.38. The molecule has 0 fully saturated rings. The average Bonchev–Trinajstić information content (AvgIpc) is 2.05. The molecule has 0 saturated carbocycles. The smallest absolute Gasteiger partial charge is 0.0759 e. The van der Waals surface area contributed by atoms with Crippen molar-refractivity contribution in [2.45, 2.75) is 32.1 Å². The number of rotatable bonds is 5. The molecule has 0 unspecified atom stereocenters. The van der Waals surface area contributed by atoms with Gasteiger partial charge in [-0.25, -0.2) is 0 Å². The number of hydrogen-bond acceptors (Lipinski definition) is 3. The van der Waals surface area contributed by atoms with E-state index < -0.39 is 0 Å². The van der Waals surface area contributed by atoms with Crippen LogP contribution >= 0.6 is 11.8 Å². The second-order valence-corrected chi connectivity index (χ2v) is 4.96. The van der Waals surface area contributed by atoms with Gasteiger partial charge < -0.3 is 9.84 Å². The third-order valence-electron chi connectivity index (χ3n) is 2.23. The Morgan fingerprint density at radius 3 is 2.25 bits per heavy atom. The summed E-state index contributed by atoms with van der Waals surface area (Å²) in [5.41, 5.74) is -0.156. The molecule has 12 heavy (non-hydrogen) atoms. The van der Waals surface area contributed by atoms with Gasteiger partial charge >= 0.3 is 0 Å². The van der Waals surface area contributed by atoms with E-state index in [0.29, 0.717) is 5.25 Å². The highest BCUT2D eigenvalue weighted by molar-refractivity contribution is 7.99. The third kappa shape index (κ3) is 2.96. The first-order valence-corrected chi connectivity index (χ1v) is 5.44. The van der Waals surface area contributed by atoms with Gasteiger partial charge in [0.2, 0.25) is 0 Å². The number of methoxy groups -OCH3 is 1. The Morgan fingerprint density at radius 2 is 2.00 bits per heavy atom. The van der Waals surface area contributed by atoms with E-state index in [9.17, 15) is 0 Å². The van der Waals surface area contributed by atoms with Crippen LogP contribution < -0.4 is 0 Å². The first kappa shape index (κ1) is 12.3. The monoisotopic (exact) mass is 192 g/mol. The van der Waals surface area contributed by atoms with Crippen molar-refractivity contribution in [3.05, 3.63) is 0 Å². The lowest BCUT2D eigenvalue weighted by molar-refractivity contribution is -0.0216. The molecule has 0 bridgehead atoms. The van der Waals surface area contributed by atoms with Crippen LogP contribution in [0.5, 0.6) is 0 Å². The van der Waals surface area contributed by atoms with Gasteiger partial charge in [-0.15, -0.1) is 0 Å². The van der Waals surface area contributed by atoms with E-state index in [0.717, 1.165) is 0 Å². The zero-order valence-corrected chi connectivity index (χ0v) is 9.44. The van der Waals surface area contributed by atoms with E-state index >= 15 is 0 Å². The van der Waals surface area contributed by atoms with E-state index in [-0.39, 0.29) is 18.1 Å². The van der Waals surface area contributed by atoms with Crippen molar-refractivity contribution in [3.8, 4) is 0 Å². The molecule has 1 N–H and O–H groups in total. The lowest BCUT2D eigenvalue weighted by Gasteiger charge is -2.34. The molecule has 0 aliphatic carbocycles. The highest BCUT2D eigenvalue weighted by Crippen LogP contribution is 2.29. The molecule has 2 nitrogen and oxygen atoms in total. The number of thioether (sulfide) groups is 1. The summed E-state index contributed by atoms with van der Waals surface area (Å²) in [7, 11) is 1.70. The lowest BCUT2D eigenvalue weighted by Crippen LogP contribution is -2.40. The quantitative estimate of drug-likeness (QED) is 0.720.